The molecule has 0 aliphatic heterocycles. The van der Waals surface area contributed by atoms with Gasteiger partial charge in [0.1, 0.15) is 11.6 Å². The van der Waals surface area contributed by atoms with Gasteiger partial charge in [-0.3, -0.25) is 0 Å². The summed E-state index contributed by atoms with van der Waals surface area (Å²) in [7, 11) is 0. The van der Waals surface area contributed by atoms with Crippen molar-refractivity contribution in [1.82, 2.24) is 5.32 Å². The molecule has 2 N–H and O–H groups in total. The second-order valence-electron chi connectivity index (χ2n) is 5.04. The van der Waals surface area contributed by atoms with Crippen LogP contribution in [0.5, 0.6) is 5.75 Å². The molecule has 112 valence electrons. The highest BCUT2D eigenvalue weighted by Crippen LogP contribution is 2.20. The van der Waals surface area contributed by atoms with Crippen molar-refractivity contribution in [3.8, 4) is 5.75 Å². The number of benzene rings is 2. The van der Waals surface area contributed by atoms with E-state index in [4.69, 9.17) is 11.6 Å². The molecule has 0 amide bonds. The van der Waals surface area contributed by atoms with Crippen molar-refractivity contribution in [2.75, 3.05) is 6.54 Å². The minimum atomic E-state index is -0.340. The van der Waals surface area contributed by atoms with Crippen LogP contribution >= 0.6 is 11.6 Å². The Labute approximate surface area is 129 Å². The summed E-state index contributed by atoms with van der Waals surface area (Å²) in [4.78, 5) is 0. The minimum Gasteiger partial charge on any atom is -0.508 e. The number of hydrogen-bond donors (Lipinski definition) is 2. The van der Waals surface area contributed by atoms with Crippen molar-refractivity contribution < 1.29 is 9.50 Å². The van der Waals surface area contributed by atoms with E-state index < -0.39 is 0 Å². The van der Waals surface area contributed by atoms with Gasteiger partial charge < -0.3 is 10.4 Å². The van der Waals surface area contributed by atoms with E-state index in [0.717, 1.165) is 18.5 Å². The fourth-order valence-electron chi connectivity index (χ4n) is 2.39. The summed E-state index contributed by atoms with van der Waals surface area (Å²) in [5, 5.41) is 12.8. The van der Waals surface area contributed by atoms with E-state index in [1.807, 2.05) is 19.1 Å². The van der Waals surface area contributed by atoms with Crippen molar-refractivity contribution in [2.24, 2.45) is 0 Å². The van der Waals surface area contributed by atoms with Gasteiger partial charge in [0, 0.05) is 6.04 Å². The Morgan fingerprint density at radius 1 is 1.14 bits per heavy atom. The van der Waals surface area contributed by atoms with Crippen LogP contribution in [0.1, 0.15) is 18.1 Å². The zero-order valence-electron chi connectivity index (χ0n) is 11.9. The predicted molar refractivity (Wildman–Crippen MR) is 84.4 cm³/mol. The number of likely N-dealkylation sites (N-methyl/N-ethyl adjacent to an activating group) is 1. The summed E-state index contributed by atoms with van der Waals surface area (Å²) in [6.07, 6.45) is 1.33. The zero-order valence-corrected chi connectivity index (χ0v) is 12.7. The summed E-state index contributed by atoms with van der Waals surface area (Å²) in [6, 6.07) is 12.3. The highest BCUT2D eigenvalue weighted by Gasteiger charge is 2.14. The molecular formula is C17H19ClFNO. The van der Waals surface area contributed by atoms with Gasteiger partial charge in [-0.1, -0.05) is 42.8 Å². The molecule has 4 heteroatoms. The maximum Gasteiger partial charge on any atom is 0.145 e. The van der Waals surface area contributed by atoms with E-state index in [1.165, 1.54) is 0 Å². The molecule has 2 nitrogen and oxygen atoms in total. The van der Waals surface area contributed by atoms with Gasteiger partial charge in [-0.2, -0.15) is 0 Å². The molecule has 0 heterocycles. The first-order chi connectivity index (χ1) is 10.1. The molecule has 0 spiro atoms. The molecule has 2 aromatic carbocycles. The first kappa shape index (κ1) is 15.8. The number of aromatic hydroxyl groups is 1. The molecule has 0 radical (unpaired) electrons. The van der Waals surface area contributed by atoms with E-state index in [-0.39, 0.29) is 22.6 Å². The minimum absolute atomic E-state index is 0.118. The summed E-state index contributed by atoms with van der Waals surface area (Å²) in [5.41, 5.74) is 1.72. The van der Waals surface area contributed by atoms with Gasteiger partial charge in [0.05, 0.1) is 5.02 Å². The second kappa shape index (κ2) is 7.43. The van der Waals surface area contributed by atoms with E-state index in [1.54, 1.807) is 30.3 Å². The van der Waals surface area contributed by atoms with Crippen LogP contribution in [0.25, 0.3) is 0 Å². The van der Waals surface area contributed by atoms with Crippen molar-refractivity contribution >= 4 is 11.6 Å². The number of phenolic OH excluding ortho intramolecular Hbond substituents is 1. The predicted octanol–water partition coefficient (Wildman–Crippen LogP) is 3.95. The third kappa shape index (κ3) is 4.45. The van der Waals surface area contributed by atoms with Crippen LogP contribution in [-0.4, -0.2) is 17.7 Å². The molecule has 0 aliphatic carbocycles. The molecule has 0 fully saturated rings. The average molecular weight is 308 g/mol. The standard InChI is InChI=1S/C17H19ClFNO/c1-2-20-14(10-12-6-8-15(21)9-7-12)11-13-4-3-5-16(18)17(13)19/h3-9,14,20-21H,2,10-11H2,1H3. The maximum atomic E-state index is 14.0. The summed E-state index contributed by atoms with van der Waals surface area (Å²) in [5.74, 6) is -0.0904. The van der Waals surface area contributed by atoms with Gasteiger partial charge in [-0.05, 0) is 48.7 Å². The number of phenols is 1. The molecule has 0 aliphatic rings. The van der Waals surface area contributed by atoms with Crippen molar-refractivity contribution in [3.05, 3.63) is 64.4 Å². The lowest BCUT2D eigenvalue weighted by Crippen LogP contribution is -2.33. The Balaban J connectivity index is 2.11. The van der Waals surface area contributed by atoms with Crippen molar-refractivity contribution in [2.45, 2.75) is 25.8 Å². The molecule has 21 heavy (non-hydrogen) atoms. The van der Waals surface area contributed by atoms with Crippen molar-refractivity contribution in [1.29, 1.82) is 0 Å². The molecule has 2 aromatic rings. The number of hydrogen-bond acceptors (Lipinski definition) is 2. The van der Waals surface area contributed by atoms with E-state index >= 15 is 0 Å². The van der Waals surface area contributed by atoms with Crippen LogP contribution in [0.15, 0.2) is 42.5 Å². The molecule has 2 rings (SSSR count). The molecule has 1 atom stereocenters. The second-order valence-corrected chi connectivity index (χ2v) is 5.45. The first-order valence-electron chi connectivity index (χ1n) is 7.04. The van der Waals surface area contributed by atoms with Gasteiger partial charge in [-0.15, -0.1) is 0 Å². The number of rotatable bonds is 6. The number of halogens is 2. The third-order valence-electron chi connectivity index (χ3n) is 3.41. The van der Waals surface area contributed by atoms with Crippen LogP contribution in [0.2, 0.25) is 5.02 Å². The fraction of sp³-hybridized carbons (Fsp3) is 0.294. The molecule has 0 aromatic heterocycles. The fourth-order valence-corrected chi connectivity index (χ4v) is 2.59. The Morgan fingerprint density at radius 2 is 1.86 bits per heavy atom. The lowest BCUT2D eigenvalue weighted by Gasteiger charge is -2.19. The van der Waals surface area contributed by atoms with Gasteiger partial charge in [-0.25, -0.2) is 4.39 Å². The van der Waals surface area contributed by atoms with E-state index in [0.29, 0.717) is 12.0 Å². The van der Waals surface area contributed by atoms with Gasteiger partial charge in [0.15, 0.2) is 0 Å². The lowest BCUT2D eigenvalue weighted by atomic mass is 9.98. The molecular weight excluding hydrogens is 289 g/mol. The van der Waals surface area contributed by atoms with Gasteiger partial charge >= 0.3 is 0 Å². The van der Waals surface area contributed by atoms with E-state index in [2.05, 4.69) is 5.32 Å². The van der Waals surface area contributed by atoms with Gasteiger partial charge in [0.2, 0.25) is 0 Å². The van der Waals surface area contributed by atoms with Crippen molar-refractivity contribution in [3.63, 3.8) is 0 Å². The van der Waals surface area contributed by atoms with Crippen LogP contribution in [0.3, 0.4) is 0 Å². The largest absolute Gasteiger partial charge is 0.508 e. The highest BCUT2D eigenvalue weighted by molar-refractivity contribution is 6.30. The van der Waals surface area contributed by atoms with Crippen LogP contribution in [-0.2, 0) is 12.8 Å². The molecule has 1 unspecified atom stereocenters. The average Bonchev–Trinajstić information content (AvgIpc) is 2.46. The van der Waals surface area contributed by atoms with Crippen LogP contribution in [0, 0.1) is 5.82 Å². The Kier molecular flexibility index (Phi) is 5.59. The topological polar surface area (TPSA) is 32.3 Å². The van der Waals surface area contributed by atoms with Crippen LogP contribution in [0.4, 0.5) is 4.39 Å². The van der Waals surface area contributed by atoms with Gasteiger partial charge in [0.25, 0.3) is 0 Å². The monoisotopic (exact) mass is 307 g/mol. The zero-order chi connectivity index (χ0) is 15.2. The first-order valence-corrected chi connectivity index (χ1v) is 7.42. The molecule has 0 bridgehead atoms. The maximum absolute atomic E-state index is 14.0. The Bertz CT molecular complexity index is 586. The quantitative estimate of drug-likeness (QED) is 0.847. The highest BCUT2D eigenvalue weighted by atomic mass is 35.5. The summed E-state index contributed by atoms with van der Waals surface area (Å²) >= 11 is 5.83. The smallest absolute Gasteiger partial charge is 0.145 e. The Hall–Kier alpha value is -1.58. The SMILES string of the molecule is CCNC(Cc1ccc(O)cc1)Cc1cccc(Cl)c1F. The normalized spacial score (nSPS) is 12.3. The third-order valence-corrected chi connectivity index (χ3v) is 3.70. The number of nitrogens with one attached hydrogen (secondary N) is 1. The lowest BCUT2D eigenvalue weighted by molar-refractivity contribution is 0.474. The Morgan fingerprint density at radius 3 is 2.52 bits per heavy atom. The van der Waals surface area contributed by atoms with E-state index in [9.17, 15) is 9.50 Å². The summed E-state index contributed by atoms with van der Waals surface area (Å²) < 4.78 is 14.0. The van der Waals surface area contributed by atoms with Crippen LogP contribution < -0.4 is 5.32 Å². The summed E-state index contributed by atoms with van der Waals surface area (Å²) in [6.45, 7) is 2.84. The molecule has 0 saturated heterocycles. The molecule has 0 saturated carbocycles.